The number of allylic oxidation sites excluding steroid dienone is 1. The van der Waals surface area contributed by atoms with Crippen molar-refractivity contribution in [2.24, 2.45) is 0 Å². The maximum atomic E-state index is 13.2. The minimum absolute atomic E-state index is 0.0612. The van der Waals surface area contributed by atoms with Gasteiger partial charge in [0.2, 0.25) is 11.4 Å². The van der Waals surface area contributed by atoms with Gasteiger partial charge in [0, 0.05) is 30.2 Å². The summed E-state index contributed by atoms with van der Waals surface area (Å²) in [6.45, 7) is 3.72. The molecule has 2 aromatic carbocycles. The zero-order chi connectivity index (χ0) is 19.6. The smallest absolute Gasteiger partial charge is 0.318 e. The Labute approximate surface area is 154 Å². The first-order valence-electron chi connectivity index (χ1n) is 8.36. The molecule has 2 heterocycles. The second-order valence-corrected chi connectivity index (χ2v) is 7.01. The average Bonchev–Trinajstić information content (AvgIpc) is 2.81. The van der Waals surface area contributed by atoms with Gasteiger partial charge in [-0.15, -0.1) is 0 Å². The van der Waals surface area contributed by atoms with E-state index in [9.17, 15) is 25.2 Å². The number of hydrogen-bond acceptors (Lipinski definition) is 7. The summed E-state index contributed by atoms with van der Waals surface area (Å²) in [6, 6.07) is 6.40. The minimum Gasteiger partial charge on any atom is -0.508 e. The molecule has 4 rings (SSSR count). The van der Waals surface area contributed by atoms with Crippen LogP contribution < -0.4 is 9.47 Å². The van der Waals surface area contributed by atoms with E-state index in [2.05, 4.69) is 0 Å². The molecular formula is C20H18O7. The number of benzene rings is 2. The Morgan fingerprint density at radius 1 is 1.04 bits per heavy atom. The zero-order valence-electron chi connectivity index (χ0n) is 14.7. The topological polar surface area (TPSA) is 116 Å². The van der Waals surface area contributed by atoms with E-state index in [1.807, 2.05) is 13.8 Å². The number of hydrogen-bond donors (Lipinski definition) is 4. The lowest BCUT2D eigenvalue weighted by atomic mass is 9.77. The van der Waals surface area contributed by atoms with Gasteiger partial charge in [-0.2, -0.15) is 0 Å². The number of Topliss-reactive ketones (excluding diaryl/α,β-unsaturated/α-hetero) is 1. The Hall–Kier alpha value is -3.19. The van der Waals surface area contributed by atoms with Crippen LogP contribution in [0, 0.1) is 0 Å². The molecule has 0 saturated carbocycles. The van der Waals surface area contributed by atoms with E-state index in [1.165, 1.54) is 24.3 Å². The summed E-state index contributed by atoms with van der Waals surface area (Å²) in [5, 5.41) is 41.0. The molecule has 0 aromatic heterocycles. The Bertz CT molecular complexity index is 1010. The highest BCUT2D eigenvalue weighted by Crippen LogP contribution is 2.58. The highest BCUT2D eigenvalue weighted by Gasteiger charge is 2.69. The molecule has 7 heteroatoms. The lowest BCUT2D eigenvalue weighted by Crippen LogP contribution is -2.62. The van der Waals surface area contributed by atoms with Gasteiger partial charge in [0.1, 0.15) is 34.3 Å². The van der Waals surface area contributed by atoms with Gasteiger partial charge in [-0.3, -0.25) is 4.79 Å². The Kier molecular flexibility index (Phi) is 3.45. The van der Waals surface area contributed by atoms with Crippen LogP contribution in [-0.4, -0.2) is 32.0 Å². The lowest BCUT2D eigenvalue weighted by molar-refractivity contribution is -0.201. The van der Waals surface area contributed by atoms with Crippen LogP contribution in [0.25, 0.3) is 0 Å². The van der Waals surface area contributed by atoms with Gasteiger partial charge in [0.05, 0.1) is 0 Å². The van der Waals surface area contributed by atoms with Gasteiger partial charge >= 0.3 is 5.79 Å². The average molecular weight is 370 g/mol. The molecular weight excluding hydrogens is 352 g/mol. The van der Waals surface area contributed by atoms with Gasteiger partial charge in [0.15, 0.2) is 0 Å². The van der Waals surface area contributed by atoms with Crippen LogP contribution in [0.3, 0.4) is 0 Å². The van der Waals surface area contributed by atoms with Gasteiger partial charge < -0.3 is 29.9 Å². The molecule has 2 atom stereocenters. The Morgan fingerprint density at radius 2 is 1.74 bits per heavy atom. The van der Waals surface area contributed by atoms with E-state index in [0.29, 0.717) is 5.56 Å². The van der Waals surface area contributed by atoms with Crippen molar-refractivity contribution in [2.45, 2.75) is 31.7 Å². The van der Waals surface area contributed by atoms with Crippen LogP contribution in [0.1, 0.15) is 36.2 Å². The second-order valence-electron chi connectivity index (χ2n) is 7.01. The number of aliphatic hydroxyl groups is 1. The highest BCUT2D eigenvalue weighted by atomic mass is 16.7. The van der Waals surface area contributed by atoms with Crippen molar-refractivity contribution < 1.29 is 34.7 Å². The lowest BCUT2D eigenvalue weighted by Gasteiger charge is -2.43. The molecule has 2 unspecified atom stereocenters. The van der Waals surface area contributed by atoms with Crippen molar-refractivity contribution in [1.82, 2.24) is 0 Å². The first-order chi connectivity index (χ1) is 12.7. The summed E-state index contributed by atoms with van der Waals surface area (Å²) in [7, 11) is 0. The van der Waals surface area contributed by atoms with Crippen molar-refractivity contribution in [1.29, 1.82) is 0 Å². The molecule has 7 nitrogen and oxygen atoms in total. The number of ketones is 1. The van der Waals surface area contributed by atoms with E-state index in [4.69, 9.17) is 9.47 Å². The molecule has 0 saturated heterocycles. The number of ether oxygens (including phenoxy) is 2. The van der Waals surface area contributed by atoms with Crippen molar-refractivity contribution in [3.05, 3.63) is 53.1 Å². The fraction of sp³-hybridized carbons (Fsp3) is 0.250. The van der Waals surface area contributed by atoms with Crippen LogP contribution in [-0.2, 0) is 5.60 Å². The maximum Gasteiger partial charge on any atom is 0.318 e. The molecule has 0 aliphatic carbocycles. The predicted molar refractivity (Wildman–Crippen MR) is 94.1 cm³/mol. The fourth-order valence-corrected chi connectivity index (χ4v) is 3.60. The van der Waals surface area contributed by atoms with E-state index < -0.39 is 22.9 Å². The third-order valence-corrected chi connectivity index (χ3v) is 4.89. The first kappa shape index (κ1) is 17.2. The van der Waals surface area contributed by atoms with Crippen LogP contribution in [0.5, 0.6) is 28.7 Å². The van der Waals surface area contributed by atoms with Crippen molar-refractivity contribution in [2.75, 3.05) is 0 Å². The predicted octanol–water partition coefficient (Wildman–Crippen LogP) is 2.71. The van der Waals surface area contributed by atoms with E-state index in [0.717, 1.165) is 11.6 Å². The summed E-state index contributed by atoms with van der Waals surface area (Å²) in [4.78, 5) is 13.2. The molecule has 4 N–H and O–H groups in total. The molecule has 0 spiro atoms. The van der Waals surface area contributed by atoms with Gasteiger partial charge in [-0.25, -0.2) is 0 Å². The van der Waals surface area contributed by atoms with Crippen LogP contribution in [0.2, 0.25) is 0 Å². The first-order valence-corrected chi connectivity index (χ1v) is 8.36. The van der Waals surface area contributed by atoms with Crippen LogP contribution in [0.15, 0.2) is 42.0 Å². The fourth-order valence-electron chi connectivity index (χ4n) is 3.60. The molecule has 2 aliphatic heterocycles. The van der Waals surface area contributed by atoms with Crippen LogP contribution in [0.4, 0.5) is 0 Å². The number of rotatable bonds is 2. The molecule has 0 fully saturated rings. The number of phenolic OH excluding ortho intramolecular Hbond substituents is 3. The van der Waals surface area contributed by atoms with E-state index >= 15 is 0 Å². The van der Waals surface area contributed by atoms with E-state index in [1.54, 1.807) is 6.08 Å². The molecule has 0 radical (unpaired) electrons. The Morgan fingerprint density at radius 3 is 2.44 bits per heavy atom. The second kappa shape index (κ2) is 5.40. The van der Waals surface area contributed by atoms with Gasteiger partial charge in [-0.1, -0.05) is 11.6 Å². The number of carbonyl (C=O) groups is 1. The third kappa shape index (κ3) is 2.21. The van der Waals surface area contributed by atoms with E-state index in [-0.39, 0.29) is 35.0 Å². The quantitative estimate of drug-likeness (QED) is 0.601. The van der Waals surface area contributed by atoms with Crippen molar-refractivity contribution in [3.63, 3.8) is 0 Å². The summed E-state index contributed by atoms with van der Waals surface area (Å²) in [5.41, 5.74) is -0.612. The summed E-state index contributed by atoms with van der Waals surface area (Å²) in [5.74, 6) is -4.21. The molecule has 0 amide bonds. The highest BCUT2D eigenvalue weighted by molar-refractivity contribution is 6.08. The molecule has 2 aliphatic rings. The SMILES string of the molecule is CC(C)=CCC12Oc3cc(O)cc(O)c3C(=O)C1(O)Oc1cc(O)ccc12. The largest absolute Gasteiger partial charge is 0.508 e. The standard InChI is InChI=1S/C20H18O7/c1-10(2)5-6-19-13-4-3-11(21)8-15(13)27-20(19,25)18(24)17-14(23)7-12(22)9-16(17)26-19/h3-5,7-9,21-23,25H,6H2,1-2H3. The molecule has 27 heavy (non-hydrogen) atoms. The summed E-state index contributed by atoms with van der Waals surface area (Å²) in [6.07, 6.45) is 1.88. The van der Waals surface area contributed by atoms with Gasteiger partial charge in [0.25, 0.3) is 0 Å². The monoisotopic (exact) mass is 370 g/mol. The molecule has 140 valence electrons. The number of carbonyl (C=O) groups excluding carboxylic acids is 1. The molecule has 0 bridgehead atoms. The summed E-state index contributed by atoms with van der Waals surface area (Å²) < 4.78 is 11.6. The Balaban J connectivity index is 2.01. The van der Waals surface area contributed by atoms with Crippen molar-refractivity contribution >= 4 is 5.78 Å². The number of fused-ring (bicyclic) bond motifs is 4. The van der Waals surface area contributed by atoms with Gasteiger partial charge in [-0.05, 0) is 26.0 Å². The third-order valence-electron chi connectivity index (χ3n) is 4.89. The van der Waals surface area contributed by atoms with Crippen LogP contribution >= 0.6 is 0 Å². The molecule has 2 aromatic rings. The van der Waals surface area contributed by atoms with Crippen molar-refractivity contribution in [3.8, 4) is 28.7 Å². The normalized spacial score (nSPS) is 24.9. The summed E-state index contributed by atoms with van der Waals surface area (Å²) >= 11 is 0. The minimum atomic E-state index is -2.45. The maximum absolute atomic E-state index is 13.2. The number of phenols is 3. The number of aromatic hydroxyl groups is 3. The zero-order valence-corrected chi connectivity index (χ0v) is 14.7.